The number of piperidine rings is 1. The molecular formula is C26H31N3O5. The highest BCUT2D eigenvalue weighted by Crippen LogP contribution is 2.32. The number of hydrogen-bond acceptors (Lipinski definition) is 5. The van der Waals surface area contributed by atoms with Crippen molar-refractivity contribution in [2.45, 2.75) is 32.7 Å². The Bertz CT molecular complexity index is 1030. The highest BCUT2D eigenvalue weighted by atomic mass is 16.7. The van der Waals surface area contributed by atoms with E-state index >= 15 is 0 Å². The van der Waals surface area contributed by atoms with Crippen molar-refractivity contribution in [1.82, 2.24) is 15.5 Å². The van der Waals surface area contributed by atoms with Gasteiger partial charge in [0.05, 0.1) is 0 Å². The zero-order valence-electron chi connectivity index (χ0n) is 19.6. The minimum atomic E-state index is -0.689. The van der Waals surface area contributed by atoms with Gasteiger partial charge in [-0.15, -0.1) is 0 Å². The summed E-state index contributed by atoms with van der Waals surface area (Å²) in [6.07, 6.45) is 1.25. The van der Waals surface area contributed by atoms with E-state index in [2.05, 4.69) is 10.6 Å². The summed E-state index contributed by atoms with van der Waals surface area (Å²) >= 11 is 0. The highest BCUT2D eigenvalue weighted by molar-refractivity contribution is 5.98. The molecule has 3 amide bonds. The predicted molar refractivity (Wildman–Crippen MR) is 127 cm³/mol. The fourth-order valence-corrected chi connectivity index (χ4v) is 4.27. The van der Waals surface area contributed by atoms with E-state index in [1.165, 1.54) is 0 Å². The SMILES string of the molecule is CC(C)CNC(=O)[C@@H](NC(=O)c1ccc2c(c1)OCO2)C1CCN(C(=O)c2ccccc2)CC1. The van der Waals surface area contributed by atoms with Crippen LogP contribution in [0.4, 0.5) is 0 Å². The number of rotatable bonds is 7. The first-order valence-corrected chi connectivity index (χ1v) is 11.7. The monoisotopic (exact) mass is 465 g/mol. The molecule has 0 unspecified atom stereocenters. The highest BCUT2D eigenvalue weighted by Gasteiger charge is 2.34. The Morgan fingerprint density at radius 3 is 2.38 bits per heavy atom. The molecule has 0 radical (unpaired) electrons. The molecule has 34 heavy (non-hydrogen) atoms. The van der Waals surface area contributed by atoms with Gasteiger partial charge in [-0.3, -0.25) is 14.4 Å². The lowest BCUT2D eigenvalue weighted by Gasteiger charge is -2.36. The number of carbonyl (C=O) groups is 3. The van der Waals surface area contributed by atoms with Crippen molar-refractivity contribution < 1.29 is 23.9 Å². The summed E-state index contributed by atoms with van der Waals surface area (Å²) in [6, 6.07) is 13.5. The van der Waals surface area contributed by atoms with E-state index in [0.29, 0.717) is 61.0 Å². The van der Waals surface area contributed by atoms with E-state index < -0.39 is 6.04 Å². The molecule has 0 spiro atoms. The minimum Gasteiger partial charge on any atom is -0.454 e. The molecule has 1 atom stereocenters. The lowest BCUT2D eigenvalue weighted by Crippen LogP contribution is -2.54. The average molecular weight is 466 g/mol. The van der Waals surface area contributed by atoms with Crippen LogP contribution in [0.15, 0.2) is 48.5 Å². The van der Waals surface area contributed by atoms with Crippen LogP contribution in [0, 0.1) is 11.8 Å². The third-order valence-electron chi connectivity index (χ3n) is 6.21. The second-order valence-corrected chi connectivity index (χ2v) is 9.15. The van der Waals surface area contributed by atoms with Gasteiger partial charge in [-0.05, 0) is 55.0 Å². The number of fused-ring (bicyclic) bond motifs is 1. The van der Waals surface area contributed by atoms with Crippen LogP contribution in [0.1, 0.15) is 47.4 Å². The molecule has 8 heteroatoms. The second kappa shape index (κ2) is 10.6. The van der Waals surface area contributed by atoms with Crippen LogP contribution >= 0.6 is 0 Å². The Balaban J connectivity index is 1.44. The lowest BCUT2D eigenvalue weighted by atomic mass is 9.88. The Morgan fingerprint density at radius 2 is 1.68 bits per heavy atom. The standard InChI is InChI=1S/C26H31N3O5/c1-17(2)15-27-25(31)23(28-24(30)20-8-9-21-22(14-20)34-16-33-21)18-10-12-29(13-11-18)26(32)19-6-4-3-5-7-19/h3-9,14,17-18,23H,10-13,15-16H2,1-2H3,(H,27,31)(H,28,30)/t23-/m0/s1. The maximum Gasteiger partial charge on any atom is 0.253 e. The quantitative estimate of drug-likeness (QED) is 0.656. The van der Waals surface area contributed by atoms with Crippen LogP contribution < -0.4 is 20.1 Å². The maximum absolute atomic E-state index is 13.1. The van der Waals surface area contributed by atoms with Gasteiger partial charge < -0.3 is 25.0 Å². The number of carbonyl (C=O) groups excluding carboxylic acids is 3. The molecule has 2 N–H and O–H groups in total. The molecule has 0 aliphatic carbocycles. The van der Waals surface area contributed by atoms with Gasteiger partial charge in [-0.2, -0.15) is 0 Å². The molecule has 0 bridgehead atoms. The molecule has 0 aromatic heterocycles. The van der Waals surface area contributed by atoms with E-state index in [0.717, 1.165) is 0 Å². The molecular weight excluding hydrogens is 434 g/mol. The Kier molecular flexibility index (Phi) is 7.35. The van der Waals surface area contributed by atoms with Gasteiger partial charge in [0, 0.05) is 30.8 Å². The molecule has 2 aliphatic rings. The normalized spacial score (nSPS) is 16.3. The van der Waals surface area contributed by atoms with E-state index in [1.807, 2.05) is 49.1 Å². The Morgan fingerprint density at radius 1 is 0.971 bits per heavy atom. The van der Waals surface area contributed by atoms with Gasteiger partial charge in [0.2, 0.25) is 12.7 Å². The van der Waals surface area contributed by atoms with Crippen molar-refractivity contribution in [1.29, 1.82) is 0 Å². The molecule has 1 saturated heterocycles. The third-order valence-corrected chi connectivity index (χ3v) is 6.21. The minimum absolute atomic E-state index is 0.00995. The van der Waals surface area contributed by atoms with Crippen molar-refractivity contribution >= 4 is 17.7 Å². The number of amides is 3. The number of hydrogen-bond donors (Lipinski definition) is 2. The van der Waals surface area contributed by atoms with Gasteiger partial charge in [0.1, 0.15) is 6.04 Å². The summed E-state index contributed by atoms with van der Waals surface area (Å²) in [5, 5.41) is 5.90. The Labute approximate surface area is 199 Å². The van der Waals surface area contributed by atoms with E-state index in [-0.39, 0.29) is 30.4 Å². The van der Waals surface area contributed by atoms with E-state index in [1.54, 1.807) is 18.2 Å². The van der Waals surface area contributed by atoms with E-state index in [9.17, 15) is 14.4 Å². The smallest absolute Gasteiger partial charge is 0.253 e. The maximum atomic E-state index is 13.1. The van der Waals surface area contributed by atoms with Gasteiger partial charge >= 0.3 is 0 Å². The van der Waals surface area contributed by atoms with Crippen LogP contribution in [0.3, 0.4) is 0 Å². The fraction of sp³-hybridized carbons (Fsp3) is 0.423. The number of nitrogens with one attached hydrogen (secondary N) is 2. The molecule has 2 heterocycles. The number of nitrogens with zero attached hydrogens (tertiary/aromatic N) is 1. The van der Waals surface area contributed by atoms with Gasteiger partial charge in [0.25, 0.3) is 11.8 Å². The molecule has 1 fully saturated rings. The van der Waals surface area contributed by atoms with Crippen LogP contribution in [0.5, 0.6) is 11.5 Å². The zero-order chi connectivity index (χ0) is 24.1. The van der Waals surface area contributed by atoms with Gasteiger partial charge in [-0.1, -0.05) is 32.0 Å². The van der Waals surface area contributed by atoms with Crippen LogP contribution in [0.25, 0.3) is 0 Å². The summed E-state index contributed by atoms with van der Waals surface area (Å²) in [4.78, 5) is 40.7. The summed E-state index contributed by atoms with van der Waals surface area (Å²) < 4.78 is 10.7. The first-order chi connectivity index (χ1) is 16.4. The summed E-state index contributed by atoms with van der Waals surface area (Å²) in [6.45, 7) is 5.77. The number of ether oxygens (including phenoxy) is 2. The molecule has 2 aromatic carbocycles. The van der Waals surface area contributed by atoms with Crippen molar-refractivity contribution in [3.05, 3.63) is 59.7 Å². The second-order valence-electron chi connectivity index (χ2n) is 9.15. The third kappa shape index (κ3) is 5.50. The molecule has 2 aliphatic heterocycles. The average Bonchev–Trinajstić information content (AvgIpc) is 3.34. The first kappa shape index (κ1) is 23.6. The fourth-order valence-electron chi connectivity index (χ4n) is 4.27. The molecule has 180 valence electrons. The predicted octanol–water partition coefficient (Wildman–Crippen LogP) is 2.84. The van der Waals surface area contributed by atoms with Crippen molar-refractivity contribution in [3.8, 4) is 11.5 Å². The topological polar surface area (TPSA) is 97.0 Å². The van der Waals surface area contributed by atoms with Crippen molar-refractivity contribution in [3.63, 3.8) is 0 Å². The molecule has 0 saturated carbocycles. The molecule has 4 rings (SSSR count). The summed E-state index contributed by atoms with van der Waals surface area (Å²) in [5.41, 5.74) is 1.06. The number of benzene rings is 2. The van der Waals surface area contributed by atoms with E-state index in [4.69, 9.17) is 9.47 Å². The number of likely N-dealkylation sites (tertiary alicyclic amines) is 1. The van der Waals surface area contributed by atoms with Crippen molar-refractivity contribution in [2.24, 2.45) is 11.8 Å². The summed E-state index contributed by atoms with van der Waals surface area (Å²) in [7, 11) is 0. The van der Waals surface area contributed by atoms with Crippen LogP contribution in [-0.4, -0.2) is 55.1 Å². The lowest BCUT2D eigenvalue weighted by molar-refractivity contribution is -0.124. The first-order valence-electron chi connectivity index (χ1n) is 11.7. The molecule has 2 aromatic rings. The van der Waals surface area contributed by atoms with Crippen molar-refractivity contribution in [2.75, 3.05) is 26.4 Å². The molecule has 8 nitrogen and oxygen atoms in total. The largest absolute Gasteiger partial charge is 0.454 e. The van der Waals surface area contributed by atoms with Gasteiger partial charge in [0.15, 0.2) is 11.5 Å². The van der Waals surface area contributed by atoms with Crippen LogP contribution in [0.2, 0.25) is 0 Å². The van der Waals surface area contributed by atoms with Crippen LogP contribution in [-0.2, 0) is 4.79 Å². The Hall–Kier alpha value is -3.55. The zero-order valence-corrected chi connectivity index (χ0v) is 19.6. The summed E-state index contributed by atoms with van der Waals surface area (Å²) in [5.74, 6) is 0.773. The van der Waals surface area contributed by atoms with Gasteiger partial charge in [-0.25, -0.2) is 0 Å².